The van der Waals surface area contributed by atoms with E-state index in [1.807, 2.05) is 6.92 Å². The van der Waals surface area contributed by atoms with Crippen LogP contribution in [0.1, 0.15) is 19.8 Å². The zero-order valence-corrected chi connectivity index (χ0v) is 5.78. The van der Waals surface area contributed by atoms with Gasteiger partial charge in [0, 0.05) is 6.54 Å². The number of hydrogen-bond acceptors (Lipinski definition) is 2. The summed E-state index contributed by atoms with van der Waals surface area (Å²) in [5.41, 5.74) is 0. The highest BCUT2D eigenvalue weighted by atomic mass is 32.2. The summed E-state index contributed by atoms with van der Waals surface area (Å²) in [6.45, 7) is 2.59. The van der Waals surface area contributed by atoms with E-state index in [9.17, 15) is 8.42 Å². The number of nitrogens with one attached hydrogen (secondary N) is 1. The van der Waals surface area contributed by atoms with Gasteiger partial charge in [0.05, 0.1) is 0 Å². The Labute approximate surface area is 51.2 Å². The van der Waals surface area contributed by atoms with E-state index in [0.29, 0.717) is 6.54 Å². The Bertz CT molecular complexity index is 103. The maximum Gasteiger partial charge on any atom is 0.201 e. The lowest BCUT2D eigenvalue weighted by Gasteiger charge is -1.90. The largest absolute Gasteiger partial charge is 0.218 e. The fraction of sp³-hybridized carbons (Fsp3) is 1.00. The van der Waals surface area contributed by atoms with Gasteiger partial charge in [0.25, 0.3) is 0 Å². The van der Waals surface area contributed by atoms with Crippen molar-refractivity contribution >= 4 is 10.9 Å². The Balaban J connectivity index is 2.94. The summed E-state index contributed by atoms with van der Waals surface area (Å²) < 4.78 is 21.9. The first kappa shape index (κ1) is 7.91. The minimum absolute atomic E-state index is 0.579. The van der Waals surface area contributed by atoms with Gasteiger partial charge >= 0.3 is 0 Å². The van der Waals surface area contributed by atoms with Crippen molar-refractivity contribution in [3.05, 3.63) is 0 Å². The van der Waals surface area contributed by atoms with Crippen LogP contribution in [0.5, 0.6) is 0 Å². The molecule has 0 atom stereocenters. The molecule has 0 aliphatic carbocycles. The highest BCUT2D eigenvalue weighted by Gasteiger charge is 1.81. The van der Waals surface area contributed by atoms with Crippen molar-refractivity contribution in [3.8, 4) is 0 Å². The molecule has 4 heteroatoms. The Morgan fingerprint density at radius 3 is 2.50 bits per heavy atom. The molecule has 0 amide bonds. The second-order valence-electron chi connectivity index (χ2n) is 1.52. The van der Waals surface area contributed by atoms with E-state index in [1.54, 1.807) is 0 Å². The lowest BCUT2D eigenvalue weighted by molar-refractivity contribution is 0.598. The zero-order chi connectivity index (χ0) is 6.41. The van der Waals surface area contributed by atoms with Gasteiger partial charge in [0.1, 0.15) is 0 Å². The molecular formula is C4H11NO2S. The smallest absolute Gasteiger partial charge is 0.201 e. The van der Waals surface area contributed by atoms with Gasteiger partial charge < -0.3 is 0 Å². The molecule has 3 nitrogen and oxygen atoms in total. The van der Waals surface area contributed by atoms with E-state index in [4.69, 9.17) is 0 Å². The Morgan fingerprint density at radius 1 is 1.50 bits per heavy atom. The highest BCUT2D eigenvalue weighted by molar-refractivity contribution is 7.70. The van der Waals surface area contributed by atoms with E-state index in [0.717, 1.165) is 12.8 Å². The summed E-state index contributed by atoms with van der Waals surface area (Å²) in [7, 11) is -2.36. The maximum absolute atomic E-state index is 9.80. The Hall–Kier alpha value is -0.0900. The summed E-state index contributed by atoms with van der Waals surface area (Å²) in [5.74, 6) is 0. The average Bonchev–Trinajstić information content (AvgIpc) is 1.66. The van der Waals surface area contributed by atoms with Crippen LogP contribution in [0.2, 0.25) is 0 Å². The van der Waals surface area contributed by atoms with Crippen LogP contribution < -0.4 is 4.72 Å². The van der Waals surface area contributed by atoms with Gasteiger partial charge in [-0.15, -0.1) is 0 Å². The monoisotopic (exact) mass is 137 g/mol. The number of unbranched alkanes of at least 4 members (excludes halogenated alkanes) is 1. The second kappa shape index (κ2) is 5.05. The van der Waals surface area contributed by atoms with Gasteiger partial charge in [-0.25, -0.2) is 13.1 Å². The molecule has 0 aromatic rings. The van der Waals surface area contributed by atoms with E-state index >= 15 is 0 Å². The van der Waals surface area contributed by atoms with Crippen LogP contribution >= 0.6 is 0 Å². The van der Waals surface area contributed by atoms with Crippen molar-refractivity contribution in [2.24, 2.45) is 0 Å². The van der Waals surface area contributed by atoms with Gasteiger partial charge in [-0.05, 0) is 6.42 Å². The predicted molar refractivity (Wildman–Crippen MR) is 33.2 cm³/mol. The van der Waals surface area contributed by atoms with Gasteiger partial charge in [-0.2, -0.15) is 0 Å². The molecule has 0 heterocycles. The molecule has 0 aliphatic rings. The van der Waals surface area contributed by atoms with Gasteiger partial charge in [0.2, 0.25) is 10.9 Å². The van der Waals surface area contributed by atoms with E-state index in [1.165, 1.54) is 0 Å². The van der Waals surface area contributed by atoms with E-state index in [-0.39, 0.29) is 0 Å². The van der Waals surface area contributed by atoms with Crippen LogP contribution in [0.4, 0.5) is 0 Å². The van der Waals surface area contributed by atoms with E-state index in [2.05, 4.69) is 4.72 Å². The van der Waals surface area contributed by atoms with Crippen molar-refractivity contribution in [2.45, 2.75) is 19.8 Å². The third-order valence-corrected chi connectivity index (χ3v) is 1.25. The molecule has 0 bridgehead atoms. The first-order chi connectivity index (χ1) is 3.77. The van der Waals surface area contributed by atoms with Crippen LogP contribution in [-0.4, -0.2) is 15.0 Å². The van der Waals surface area contributed by atoms with Crippen LogP contribution in [0, 0.1) is 0 Å². The number of rotatable bonds is 4. The minimum Gasteiger partial charge on any atom is -0.218 e. The topological polar surface area (TPSA) is 46.2 Å². The molecule has 8 heavy (non-hydrogen) atoms. The van der Waals surface area contributed by atoms with Crippen LogP contribution in [0.15, 0.2) is 0 Å². The lowest BCUT2D eigenvalue weighted by atomic mass is 10.3. The first-order valence-corrected chi connectivity index (χ1v) is 3.83. The molecule has 50 valence electrons. The molecule has 1 N–H and O–H groups in total. The average molecular weight is 137 g/mol. The molecule has 0 unspecified atom stereocenters. The quantitative estimate of drug-likeness (QED) is 0.420. The summed E-state index contributed by atoms with van der Waals surface area (Å²) in [5, 5.41) is 0. The van der Waals surface area contributed by atoms with Gasteiger partial charge in [0.15, 0.2) is 0 Å². The SMILES string of the molecule is CCCCN[SH](=O)=O. The fourth-order valence-corrected chi connectivity index (χ4v) is 0.688. The molecule has 0 spiro atoms. The maximum atomic E-state index is 9.80. The Kier molecular flexibility index (Phi) is 5.00. The molecule has 0 aromatic heterocycles. The predicted octanol–water partition coefficient (Wildman–Crippen LogP) is -0.0975. The van der Waals surface area contributed by atoms with Crippen molar-refractivity contribution in [3.63, 3.8) is 0 Å². The summed E-state index contributed by atoms with van der Waals surface area (Å²) in [4.78, 5) is 0. The van der Waals surface area contributed by atoms with Crippen molar-refractivity contribution in [1.82, 2.24) is 4.72 Å². The summed E-state index contributed by atoms with van der Waals surface area (Å²) in [6.07, 6.45) is 1.94. The molecule has 0 aliphatic heterocycles. The highest BCUT2D eigenvalue weighted by Crippen LogP contribution is 1.80. The molecule has 0 saturated heterocycles. The summed E-state index contributed by atoms with van der Waals surface area (Å²) in [6, 6.07) is 0. The molecule has 0 saturated carbocycles. The van der Waals surface area contributed by atoms with Gasteiger partial charge in [-0.1, -0.05) is 13.3 Å². The Morgan fingerprint density at radius 2 is 2.12 bits per heavy atom. The minimum atomic E-state index is -2.36. The number of hydrogen-bond donors (Lipinski definition) is 2. The normalized spacial score (nSPS) is 10.2. The standard InChI is InChI=1S/C4H11NO2S/c1-2-3-4-5-8(6)7/h8H,2-4H2,1H3,(H,5,6,7). The molecule has 0 fully saturated rings. The van der Waals surface area contributed by atoms with E-state index < -0.39 is 10.9 Å². The molecule has 0 aromatic carbocycles. The first-order valence-electron chi connectivity index (χ1n) is 2.65. The van der Waals surface area contributed by atoms with Crippen molar-refractivity contribution in [1.29, 1.82) is 0 Å². The lowest BCUT2D eigenvalue weighted by Crippen LogP contribution is -2.11. The van der Waals surface area contributed by atoms with Gasteiger partial charge in [-0.3, -0.25) is 0 Å². The second-order valence-corrected chi connectivity index (χ2v) is 2.35. The van der Waals surface area contributed by atoms with Crippen molar-refractivity contribution in [2.75, 3.05) is 6.54 Å². The third-order valence-electron chi connectivity index (χ3n) is 0.771. The van der Waals surface area contributed by atoms with Crippen LogP contribution in [0.25, 0.3) is 0 Å². The fourth-order valence-electron chi connectivity index (χ4n) is 0.347. The molecular weight excluding hydrogens is 126 g/mol. The molecule has 0 radical (unpaired) electrons. The van der Waals surface area contributed by atoms with Crippen LogP contribution in [-0.2, 0) is 10.9 Å². The summed E-state index contributed by atoms with van der Waals surface area (Å²) >= 11 is 0. The number of thiol groups is 1. The molecule has 0 rings (SSSR count). The van der Waals surface area contributed by atoms with Crippen molar-refractivity contribution < 1.29 is 8.42 Å². The zero-order valence-electron chi connectivity index (χ0n) is 4.89. The third kappa shape index (κ3) is 5.91. The van der Waals surface area contributed by atoms with Crippen LogP contribution in [0.3, 0.4) is 0 Å².